The van der Waals surface area contributed by atoms with Crippen LogP contribution in [0.25, 0.3) is 0 Å². The summed E-state index contributed by atoms with van der Waals surface area (Å²) in [4.78, 5) is 12.9. The molecule has 2 saturated heterocycles. The molecule has 0 bridgehead atoms. The Morgan fingerprint density at radius 1 is 1.17 bits per heavy atom. The van der Waals surface area contributed by atoms with E-state index in [-0.39, 0.29) is 44.2 Å². The summed E-state index contributed by atoms with van der Waals surface area (Å²) >= 11 is 0. The molecule has 2 fully saturated rings. The summed E-state index contributed by atoms with van der Waals surface area (Å²) in [6, 6.07) is 15.6. The zero-order valence-electron chi connectivity index (χ0n) is 23.2. The van der Waals surface area contributed by atoms with E-state index in [9.17, 15) is 18.3 Å². The molecule has 5 atom stereocenters. The first-order chi connectivity index (χ1) is 19.7. The van der Waals surface area contributed by atoms with Crippen molar-refractivity contribution in [1.29, 1.82) is 5.26 Å². The predicted molar refractivity (Wildman–Crippen MR) is 149 cm³/mol. The van der Waals surface area contributed by atoms with Crippen LogP contribution in [0.2, 0.25) is 0 Å². The van der Waals surface area contributed by atoms with E-state index in [1.54, 1.807) is 30.3 Å². The van der Waals surface area contributed by atoms with Crippen molar-refractivity contribution in [3.63, 3.8) is 0 Å². The van der Waals surface area contributed by atoms with Gasteiger partial charge in [0.05, 0.1) is 42.9 Å². The zero-order chi connectivity index (χ0) is 29.4. The lowest BCUT2D eigenvalue weighted by atomic mass is 10.0. The second-order valence-corrected chi connectivity index (χ2v) is 11.8. The number of carbonyl (C=O) groups is 1. The quantitative estimate of drug-likeness (QED) is 0.301. The standard InChI is InChI=1S/C29H37N3O8S/c1-19(2)15-32(41(35)36)16-26(33)25(31-29(34)40-27-18-39-28-24(27)10-11-37-28)13-20-6-8-23(9-7-20)38-17-22-5-3-4-21(12-22)14-30/h3-9,12,19,24-28,33,41H,10-11,13,15-18H2,1-2H3,(H,31,34)/t24-,25-,26+,27-,28+/m0/s1. The van der Waals surface area contributed by atoms with Gasteiger partial charge in [-0.2, -0.15) is 5.26 Å². The Hall–Kier alpha value is -3.21. The number of hydrogen-bond acceptors (Lipinski definition) is 9. The minimum absolute atomic E-state index is 0.0370. The molecule has 1 amide bonds. The van der Waals surface area contributed by atoms with Crippen molar-refractivity contribution in [1.82, 2.24) is 9.62 Å². The van der Waals surface area contributed by atoms with Gasteiger partial charge in [-0.3, -0.25) is 0 Å². The fourth-order valence-electron chi connectivity index (χ4n) is 5.00. The van der Waals surface area contributed by atoms with Crippen molar-refractivity contribution in [2.24, 2.45) is 11.8 Å². The lowest BCUT2D eigenvalue weighted by molar-refractivity contribution is -0.0907. The van der Waals surface area contributed by atoms with E-state index < -0.39 is 35.2 Å². The zero-order valence-corrected chi connectivity index (χ0v) is 24.1. The molecule has 41 heavy (non-hydrogen) atoms. The Labute approximate surface area is 242 Å². The summed E-state index contributed by atoms with van der Waals surface area (Å²) < 4.78 is 47.4. The van der Waals surface area contributed by atoms with Crippen LogP contribution >= 0.6 is 0 Å². The van der Waals surface area contributed by atoms with Crippen LogP contribution in [-0.2, 0) is 38.1 Å². The van der Waals surface area contributed by atoms with Gasteiger partial charge in [0.2, 0.25) is 10.9 Å². The van der Waals surface area contributed by atoms with Crippen molar-refractivity contribution in [2.75, 3.05) is 26.3 Å². The Morgan fingerprint density at radius 2 is 1.95 bits per heavy atom. The van der Waals surface area contributed by atoms with Gasteiger partial charge in [-0.25, -0.2) is 17.5 Å². The van der Waals surface area contributed by atoms with Gasteiger partial charge >= 0.3 is 6.09 Å². The Balaban J connectivity index is 1.41. The van der Waals surface area contributed by atoms with Gasteiger partial charge in [-0.15, -0.1) is 0 Å². The number of nitrogens with zero attached hydrogens (tertiary/aromatic N) is 2. The van der Waals surface area contributed by atoms with Crippen LogP contribution in [0.3, 0.4) is 0 Å². The average molecular weight is 588 g/mol. The maximum Gasteiger partial charge on any atom is 0.407 e. The fourth-order valence-corrected chi connectivity index (χ4v) is 5.76. The number of thiol groups is 1. The number of rotatable bonds is 13. The van der Waals surface area contributed by atoms with E-state index in [2.05, 4.69) is 11.4 Å². The summed E-state index contributed by atoms with van der Waals surface area (Å²) in [5.41, 5.74) is 2.22. The second kappa shape index (κ2) is 14.6. The Morgan fingerprint density at radius 3 is 2.66 bits per heavy atom. The molecule has 4 rings (SSSR count). The van der Waals surface area contributed by atoms with Crippen molar-refractivity contribution in [3.8, 4) is 11.8 Å². The number of aliphatic hydroxyl groups is 1. The molecule has 0 spiro atoms. The van der Waals surface area contributed by atoms with Gasteiger partial charge in [0.1, 0.15) is 18.5 Å². The van der Waals surface area contributed by atoms with Crippen LogP contribution in [0.5, 0.6) is 5.75 Å². The molecule has 2 aromatic rings. The van der Waals surface area contributed by atoms with Crippen LogP contribution < -0.4 is 10.1 Å². The third-order valence-corrected chi connectivity index (χ3v) is 7.84. The molecule has 0 unspecified atom stereocenters. The molecule has 2 heterocycles. The van der Waals surface area contributed by atoms with E-state index in [1.165, 1.54) is 4.31 Å². The van der Waals surface area contributed by atoms with E-state index in [4.69, 9.17) is 24.2 Å². The Bertz CT molecular complexity index is 1270. The number of nitrogens with one attached hydrogen (secondary N) is 1. The summed E-state index contributed by atoms with van der Waals surface area (Å²) in [7, 11) is -2.92. The highest BCUT2D eigenvalue weighted by Gasteiger charge is 2.44. The number of nitriles is 1. The lowest BCUT2D eigenvalue weighted by Crippen LogP contribution is -2.50. The minimum Gasteiger partial charge on any atom is -0.489 e. The molecule has 2 N–H and O–H groups in total. The molecule has 2 aliphatic heterocycles. The normalized spacial score (nSPS) is 21.4. The molecule has 0 radical (unpaired) electrons. The fraction of sp³-hybridized carbons (Fsp3) is 0.517. The van der Waals surface area contributed by atoms with E-state index >= 15 is 0 Å². The smallest absolute Gasteiger partial charge is 0.407 e. The lowest BCUT2D eigenvalue weighted by Gasteiger charge is -2.28. The minimum atomic E-state index is -2.92. The SMILES string of the molecule is CC(C)CN(C[C@@H](O)[C@H](Cc1ccc(OCc2cccc(C#N)c2)cc1)NC(=O)O[C@H]1CO[C@H]2OCC[C@H]21)[SH](=O)=O. The van der Waals surface area contributed by atoms with Crippen molar-refractivity contribution in [3.05, 3.63) is 65.2 Å². The Kier molecular flexibility index (Phi) is 11.0. The molecule has 0 aromatic heterocycles. The van der Waals surface area contributed by atoms with E-state index in [0.29, 0.717) is 24.5 Å². The third kappa shape index (κ3) is 8.89. The number of aliphatic hydroxyl groups excluding tert-OH is 1. The van der Waals surface area contributed by atoms with E-state index in [1.807, 2.05) is 32.0 Å². The predicted octanol–water partition coefficient (Wildman–Crippen LogP) is 2.38. The maximum absolute atomic E-state index is 12.9. The van der Waals surface area contributed by atoms with Gasteiger partial charge < -0.3 is 29.4 Å². The van der Waals surface area contributed by atoms with E-state index in [0.717, 1.165) is 17.5 Å². The highest BCUT2D eigenvalue weighted by Crippen LogP contribution is 2.33. The van der Waals surface area contributed by atoms with Crippen molar-refractivity contribution >= 4 is 17.0 Å². The van der Waals surface area contributed by atoms with Gasteiger partial charge in [0, 0.05) is 13.1 Å². The number of carbonyl (C=O) groups excluding carboxylic acids is 1. The van der Waals surface area contributed by atoms with Crippen molar-refractivity contribution in [2.45, 2.75) is 57.8 Å². The molecule has 222 valence electrons. The largest absolute Gasteiger partial charge is 0.489 e. The molecule has 0 aliphatic carbocycles. The third-order valence-electron chi connectivity index (χ3n) is 7.06. The summed E-state index contributed by atoms with van der Waals surface area (Å²) in [5.74, 6) is 0.636. The monoisotopic (exact) mass is 587 g/mol. The number of benzene rings is 2. The van der Waals surface area contributed by atoms with Crippen molar-refractivity contribution < 1.29 is 37.3 Å². The summed E-state index contributed by atoms with van der Waals surface area (Å²) in [6.07, 6.45) is -1.78. The first-order valence-electron chi connectivity index (χ1n) is 13.7. The van der Waals surface area contributed by atoms with Gasteiger partial charge in [-0.1, -0.05) is 38.1 Å². The second-order valence-electron chi connectivity index (χ2n) is 10.7. The van der Waals surface area contributed by atoms with Crippen LogP contribution in [0.15, 0.2) is 48.5 Å². The highest BCUT2D eigenvalue weighted by atomic mass is 32.2. The van der Waals surface area contributed by atoms with Crippen LogP contribution in [0.4, 0.5) is 4.79 Å². The number of fused-ring (bicyclic) bond motifs is 1. The van der Waals surface area contributed by atoms with Gasteiger partial charge in [0.15, 0.2) is 6.29 Å². The number of hydrogen-bond donors (Lipinski definition) is 3. The molecule has 0 saturated carbocycles. The van der Waals surface area contributed by atoms with Crippen LogP contribution in [-0.4, -0.2) is 74.8 Å². The first kappa shape index (κ1) is 30.7. The molecule has 2 aliphatic rings. The highest BCUT2D eigenvalue weighted by molar-refractivity contribution is 7.69. The topological polar surface area (TPSA) is 147 Å². The summed E-state index contributed by atoms with van der Waals surface area (Å²) in [5, 5.41) is 22.9. The average Bonchev–Trinajstić information content (AvgIpc) is 3.57. The number of alkyl carbamates (subject to hydrolysis) is 1. The molecule has 2 aromatic carbocycles. The number of ether oxygens (including phenoxy) is 4. The molecule has 11 nitrogen and oxygen atoms in total. The molecule has 12 heteroatoms. The van der Waals surface area contributed by atoms with Crippen LogP contribution in [0.1, 0.15) is 37.0 Å². The first-order valence-corrected chi connectivity index (χ1v) is 14.8. The van der Waals surface area contributed by atoms with Gasteiger partial charge in [0.25, 0.3) is 0 Å². The summed E-state index contributed by atoms with van der Waals surface area (Å²) in [6.45, 7) is 4.92. The van der Waals surface area contributed by atoms with Gasteiger partial charge in [-0.05, 0) is 54.2 Å². The van der Waals surface area contributed by atoms with Crippen LogP contribution in [0, 0.1) is 23.2 Å². The molecular formula is C29H37N3O8S. The maximum atomic E-state index is 12.9. The number of amides is 1. The molecular weight excluding hydrogens is 550 g/mol.